The van der Waals surface area contributed by atoms with Gasteiger partial charge in [0.25, 0.3) is 0 Å². The van der Waals surface area contributed by atoms with Crippen LogP contribution in [0.25, 0.3) is 0 Å². The summed E-state index contributed by atoms with van der Waals surface area (Å²) in [7, 11) is -2.48. The van der Waals surface area contributed by atoms with Crippen LogP contribution >= 0.6 is 0 Å². The normalized spacial score (nSPS) is 17.1. The number of rotatable bonds is 8. The first-order chi connectivity index (χ1) is 15.6. The largest absolute Gasteiger partial charge is 0.495 e. The van der Waals surface area contributed by atoms with Crippen molar-refractivity contribution in [3.63, 3.8) is 0 Å². The van der Waals surface area contributed by atoms with Gasteiger partial charge in [0.1, 0.15) is 10.6 Å². The van der Waals surface area contributed by atoms with Gasteiger partial charge in [0, 0.05) is 36.1 Å². The predicted molar refractivity (Wildman–Crippen MR) is 124 cm³/mol. The number of methoxy groups -OCH3 is 1. The highest BCUT2D eigenvalue weighted by atomic mass is 32.2. The molecule has 1 aromatic heterocycles. The van der Waals surface area contributed by atoms with Crippen LogP contribution < -0.4 is 4.74 Å². The molecule has 1 fully saturated rings. The van der Waals surface area contributed by atoms with Gasteiger partial charge in [-0.25, -0.2) is 13.2 Å². The smallest absolute Gasteiger partial charge is 0.338 e. The lowest BCUT2D eigenvalue weighted by molar-refractivity contribution is 0.0474. The number of carbonyl (C=O) groups excluding carboxylic acids is 2. The third-order valence-corrected chi connectivity index (χ3v) is 8.29. The standard InChI is InChI=1S/C24H32N2O6S/c1-6-25-17(3)13-20(18(25)4)21(27)15-32-24(28)19-10-11-22(31-5)23(14-19)33(29,30)26-12-8-7-9-16(26)2/h10-11,13-14,16H,6-9,12,15H2,1-5H3. The summed E-state index contributed by atoms with van der Waals surface area (Å²) in [6, 6.07) is 5.80. The van der Waals surface area contributed by atoms with Gasteiger partial charge in [-0.1, -0.05) is 6.42 Å². The van der Waals surface area contributed by atoms with Crippen LogP contribution in [-0.2, 0) is 21.3 Å². The molecular formula is C24H32N2O6S. The second-order valence-electron chi connectivity index (χ2n) is 8.35. The topological polar surface area (TPSA) is 94.9 Å². The fraction of sp³-hybridized carbons (Fsp3) is 0.500. The molecule has 1 saturated heterocycles. The van der Waals surface area contributed by atoms with Crippen molar-refractivity contribution in [3.05, 3.63) is 46.8 Å². The zero-order valence-electron chi connectivity index (χ0n) is 19.9. The molecule has 0 N–H and O–H groups in total. The van der Waals surface area contributed by atoms with Crippen LogP contribution in [0.2, 0.25) is 0 Å². The molecule has 9 heteroatoms. The zero-order valence-corrected chi connectivity index (χ0v) is 20.7. The molecule has 1 atom stereocenters. The third-order valence-electron chi connectivity index (χ3n) is 6.25. The Kier molecular flexibility index (Phi) is 7.64. The minimum atomic E-state index is -3.86. The molecule has 1 unspecified atom stereocenters. The Morgan fingerprint density at radius 3 is 2.48 bits per heavy atom. The molecule has 0 radical (unpaired) electrons. The van der Waals surface area contributed by atoms with Crippen molar-refractivity contribution < 1.29 is 27.5 Å². The number of benzene rings is 1. The Morgan fingerprint density at radius 1 is 1.15 bits per heavy atom. The number of piperidine rings is 1. The number of aromatic nitrogens is 1. The molecule has 1 aromatic carbocycles. The van der Waals surface area contributed by atoms with Crippen molar-refractivity contribution in [1.82, 2.24) is 8.87 Å². The van der Waals surface area contributed by atoms with Crippen molar-refractivity contribution in [2.75, 3.05) is 20.3 Å². The average molecular weight is 477 g/mol. The van der Waals surface area contributed by atoms with Gasteiger partial charge < -0.3 is 14.0 Å². The number of esters is 1. The summed E-state index contributed by atoms with van der Waals surface area (Å²) >= 11 is 0. The van der Waals surface area contributed by atoms with Gasteiger partial charge in [-0.3, -0.25) is 4.79 Å². The van der Waals surface area contributed by atoms with Gasteiger partial charge in [0.15, 0.2) is 6.61 Å². The Labute approximate surface area is 195 Å². The highest BCUT2D eigenvalue weighted by Crippen LogP contribution is 2.32. The first kappa shape index (κ1) is 25.0. The van der Waals surface area contributed by atoms with Gasteiger partial charge in [-0.15, -0.1) is 0 Å². The molecule has 1 aliphatic heterocycles. The van der Waals surface area contributed by atoms with Gasteiger partial charge in [0.05, 0.1) is 12.7 Å². The predicted octanol–water partition coefficient (Wildman–Crippen LogP) is 3.74. The number of nitrogens with zero attached hydrogens (tertiary/aromatic N) is 2. The molecule has 2 heterocycles. The third kappa shape index (κ3) is 4.99. The van der Waals surface area contributed by atoms with Crippen molar-refractivity contribution in [3.8, 4) is 5.75 Å². The Morgan fingerprint density at radius 2 is 1.88 bits per heavy atom. The highest BCUT2D eigenvalue weighted by molar-refractivity contribution is 7.89. The molecule has 0 bridgehead atoms. The summed E-state index contributed by atoms with van der Waals surface area (Å²) in [5, 5.41) is 0. The number of sulfonamides is 1. The van der Waals surface area contributed by atoms with Crippen molar-refractivity contribution in [2.45, 2.75) is 64.4 Å². The van der Waals surface area contributed by atoms with E-state index in [2.05, 4.69) is 0 Å². The van der Waals surface area contributed by atoms with E-state index in [0.717, 1.165) is 37.2 Å². The van der Waals surface area contributed by atoms with Crippen LogP contribution in [0.1, 0.15) is 65.2 Å². The molecule has 0 aliphatic carbocycles. The second-order valence-corrected chi connectivity index (χ2v) is 10.2. The molecule has 0 spiro atoms. The maximum absolute atomic E-state index is 13.3. The molecular weight excluding hydrogens is 444 g/mol. The maximum atomic E-state index is 13.3. The summed E-state index contributed by atoms with van der Waals surface area (Å²) in [5.74, 6) is -0.912. The molecule has 2 aromatic rings. The lowest BCUT2D eigenvalue weighted by atomic mass is 10.1. The lowest BCUT2D eigenvalue weighted by Gasteiger charge is -2.32. The van der Waals surface area contributed by atoms with Gasteiger partial charge >= 0.3 is 5.97 Å². The molecule has 33 heavy (non-hydrogen) atoms. The number of aryl methyl sites for hydroxylation is 1. The SMILES string of the molecule is CCn1c(C)cc(C(=O)COC(=O)c2ccc(OC)c(S(=O)(=O)N3CCCCC3C)c2)c1C. The van der Waals surface area contributed by atoms with E-state index in [-0.39, 0.29) is 28.0 Å². The van der Waals surface area contributed by atoms with Crippen LogP contribution in [0, 0.1) is 13.8 Å². The molecule has 3 rings (SSSR count). The monoisotopic (exact) mass is 476 g/mol. The van der Waals surface area contributed by atoms with Crippen LogP contribution in [0.5, 0.6) is 5.75 Å². The Bertz CT molecular complexity index is 1150. The minimum absolute atomic E-state index is 0.0471. The van der Waals surface area contributed by atoms with E-state index in [9.17, 15) is 18.0 Å². The van der Waals surface area contributed by atoms with E-state index >= 15 is 0 Å². The second kappa shape index (κ2) is 10.1. The van der Waals surface area contributed by atoms with Crippen LogP contribution in [0.4, 0.5) is 0 Å². The maximum Gasteiger partial charge on any atom is 0.338 e. The number of carbonyl (C=O) groups is 2. The number of Topliss-reactive ketones (excluding diaryl/α,β-unsaturated/α-hetero) is 1. The van der Waals surface area contributed by atoms with E-state index in [1.807, 2.05) is 32.3 Å². The van der Waals surface area contributed by atoms with Gasteiger partial charge in [-0.05, 0) is 64.8 Å². The number of hydrogen-bond donors (Lipinski definition) is 0. The van der Waals surface area contributed by atoms with Crippen molar-refractivity contribution in [1.29, 1.82) is 0 Å². The van der Waals surface area contributed by atoms with E-state index in [0.29, 0.717) is 12.1 Å². The van der Waals surface area contributed by atoms with E-state index in [1.54, 1.807) is 6.07 Å². The quantitative estimate of drug-likeness (QED) is 0.426. The summed E-state index contributed by atoms with van der Waals surface area (Å²) in [4.78, 5) is 25.2. The molecule has 1 aliphatic rings. The fourth-order valence-electron chi connectivity index (χ4n) is 4.42. The van der Waals surface area contributed by atoms with Gasteiger partial charge in [0.2, 0.25) is 15.8 Å². The number of hydrogen-bond acceptors (Lipinski definition) is 6. The van der Waals surface area contributed by atoms with Crippen LogP contribution in [0.3, 0.4) is 0 Å². The number of ketones is 1. The molecule has 180 valence electrons. The van der Waals surface area contributed by atoms with Crippen molar-refractivity contribution >= 4 is 21.8 Å². The van der Waals surface area contributed by atoms with Crippen LogP contribution in [0.15, 0.2) is 29.2 Å². The highest BCUT2D eigenvalue weighted by Gasteiger charge is 2.33. The molecule has 8 nitrogen and oxygen atoms in total. The molecule has 0 amide bonds. The number of ether oxygens (including phenoxy) is 2. The molecule has 0 saturated carbocycles. The lowest BCUT2D eigenvalue weighted by Crippen LogP contribution is -2.42. The van der Waals surface area contributed by atoms with Crippen molar-refractivity contribution in [2.24, 2.45) is 0 Å². The van der Waals surface area contributed by atoms with Gasteiger partial charge in [-0.2, -0.15) is 4.31 Å². The average Bonchev–Trinajstić information content (AvgIpc) is 3.09. The summed E-state index contributed by atoms with van der Waals surface area (Å²) < 4.78 is 40.7. The van der Waals surface area contributed by atoms with E-state index in [4.69, 9.17) is 9.47 Å². The fourth-order valence-corrected chi connectivity index (χ4v) is 6.31. The first-order valence-corrected chi connectivity index (χ1v) is 12.6. The zero-order chi connectivity index (χ0) is 24.3. The first-order valence-electron chi connectivity index (χ1n) is 11.2. The summed E-state index contributed by atoms with van der Waals surface area (Å²) in [5.41, 5.74) is 2.34. The van der Waals surface area contributed by atoms with Crippen LogP contribution in [-0.4, -0.2) is 55.3 Å². The summed E-state index contributed by atoms with van der Waals surface area (Å²) in [6.45, 7) is 8.38. The minimum Gasteiger partial charge on any atom is -0.495 e. The van der Waals surface area contributed by atoms with E-state index in [1.165, 1.54) is 29.6 Å². The van der Waals surface area contributed by atoms with E-state index < -0.39 is 22.6 Å². The summed E-state index contributed by atoms with van der Waals surface area (Å²) in [6.07, 6.45) is 2.55. The Balaban J connectivity index is 1.81. The Hall–Kier alpha value is -2.65.